The van der Waals surface area contributed by atoms with Gasteiger partial charge in [-0.05, 0) is 39.9 Å². The van der Waals surface area contributed by atoms with E-state index in [1.165, 1.54) is 0 Å². The first-order valence-corrected chi connectivity index (χ1v) is 10.6. The Morgan fingerprint density at radius 3 is 2.34 bits per heavy atom. The van der Waals surface area contributed by atoms with Crippen LogP contribution in [-0.2, 0) is 4.74 Å². The van der Waals surface area contributed by atoms with Gasteiger partial charge in [-0.2, -0.15) is 0 Å². The average molecular weight is 428 g/mol. The molecule has 4 aromatic rings. The average Bonchev–Trinajstić information content (AvgIpc) is 3.43. The highest BCUT2D eigenvalue weighted by molar-refractivity contribution is 5.83. The fourth-order valence-corrected chi connectivity index (χ4v) is 4.52. The lowest BCUT2D eigenvalue weighted by molar-refractivity contribution is 0.0194. The van der Waals surface area contributed by atoms with Gasteiger partial charge in [0.25, 0.3) is 0 Å². The number of aromatic amines is 1. The number of carbonyl (C=O) groups excluding carboxylic acids is 1. The van der Waals surface area contributed by atoms with Crippen LogP contribution >= 0.6 is 0 Å². The van der Waals surface area contributed by atoms with E-state index in [4.69, 9.17) is 4.74 Å². The fraction of sp³-hybridized carbons (Fsp3) is 0.192. The van der Waals surface area contributed by atoms with Gasteiger partial charge in [0.15, 0.2) is 0 Å². The van der Waals surface area contributed by atoms with Gasteiger partial charge in [0.2, 0.25) is 0 Å². The molecule has 6 nitrogen and oxygen atoms in total. The summed E-state index contributed by atoms with van der Waals surface area (Å²) in [7, 11) is 0. The smallest absolute Gasteiger partial charge is 0.407 e. The number of aliphatic hydroxyl groups excluding tert-OH is 2. The molecule has 3 aromatic carbocycles. The first kappa shape index (κ1) is 20.3. The van der Waals surface area contributed by atoms with Crippen molar-refractivity contribution < 1.29 is 19.7 Å². The molecule has 1 aliphatic rings. The van der Waals surface area contributed by atoms with Gasteiger partial charge in [-0.15, -0.1) is 0 Å². The lowest BCUT2D eigenvalue weighted by atomic mass is 9.98. The van der Waals surface area contributed by atoms with Crippen LogP contribution < -0.4 is 5.32 Å². The van der Waals surface area contributed by atoms with Crippen LogP contribution in [0.25, 0.3) is 22.0 Å². The lowest BCUT2D eigenvalue weighted by Gasteiger charge is -2.20. The largest absolute Gasteiger partial charge is 0.449 e. The Balaban J connectivity index is 1.20. The van der Waals surface area contributed by atoms with Crippen molar-refractivity contribution in [1.29, 1.82) is 0 Å². The van der Waals surface area contributed by atoms with Crippen molar-refractivity contribution in [2.75, 3.05) is 13.2 Å². The number of alkyl carbamates (subject to hydrolysis) is 1. The van der Waals surface area contributed by atoms with Crippen LogP contribution in [0, 0.1) is 0 Å². The number of rotatable bonds is 6. The van der Waals surface area contributed by atoms with Crippen molar-refractivity contribution in [3.8, 4) is 11.1 Å². The van der Waals surface area contributed by atoms with Crippen molar-refractivity contribution in [2.24, 2.45) is 0 Å². The van der Waals surface area contributed by atoms with Crippen molar-refractivity contribution >= 4 is 17.0 Å². The van der Waals surface area contributed by atoms with E-state index in [-0.39, 0.29) is 19.1 Å². The Morgan fingerprint density at radius 2 is 1.62 bits per heavy atom. The molecule has 1 aromatic heterocycles. The number of aromatic nitrogens is 1. The Hall–Kier alpha value is -3.61. The highest BCUT2D eigenvalue weighted by Crippen LogP contribution is 2.44. The third-order valence-corrected chi connectivity index (χ3v) is 6.11. The third-order valence-electron chi connectivity index (χ3n) is 6.11. The van der Waals surface area contributed by atoms with Crippen molar-refractivity contribution in [2.45, 2.75) is 18.1 Å². The number of nitrogens with one attached hydrogen (secondary N) is 2. The van der Waals surface area contributed by atoms with Gasteiger partial charge >= 0.3 is 6.09 Å². The van der Waals surface area contributed by atoms with Gasteiger partial charge < -0.3 is 25.3 Å². The molecule has 0 spiro atoms. The number of hydrogen-bond donors (Lipinski definition) is 4. The second-order valence-electron chi connectivity index (χ2n) is 8.00. The summed E-state index contributed by atoms with van der Waals surface area (Å²) in [4.78, 5) is 15.4. The van der Waals surface area contributed by atoms with Crippen molar-refractivity contribution in [3.63, 3.8) is 0 Å². The summed E-state index contributed by atoms with van der Waals surface area (Å²) in [6.07, 6.45) is -1.15. The van der Waals surface area contributed by atoms with Crippen LogP contribution in [0.1, 0.15) is 28.7 Å². The number of aliphatic hydroxyl groups is 2. The minimum absolute atomic E-state index is 0.0325. The Kier molecular flexibility index (Phi) is 5.39. The molecule has 0 fully saturated rings. The van der Waals surface area contributed by atoms with Gasteiger partial charge in [-0.25, -0.2) is 4.79 Å². The maximum Gasteiger partial charge on any atom is 0.407 e. The van der Waals surface area contributed by atoms with Gasteiger partial charge in [0, 0.05) is 29.6 Å². The van der Waals surface area contributed by atoms with Crippen LogP contribution in [0.2, 0.25) is 0 Å². The summed E-state index contributed by atoms with van der Waals surface area (Å²) >= 11 is 0. The summed E-state index contributed by atoms with van der Waals surface area (Å²) in [6, 6.07) is 23.6. The minimum atomic E-state index is -1.17. The number of hydrogen-bond acceptors (Lipinski definition) is 4. The van der Waals surface area contributed by atoms with Crippen molar-refractivity contribution in [3.05, 3.63) is 95.7 Å². The summed E-state index contributed by atoms with van der Waals surface area (Å²) in [5, 5.41) is 24.4. The van der Waals surface area contributed by atoms with E-state index in [2.05, 4.69) is 34.6 Å². The predicted octanol–water partition coefficient (Wildman–Crippen LogP) is 4.10. The molecule has 2 unspecified atom stereocenters. The first-order valence-electron chi connectivity index (χ1n) is 10.6. The zero-order valence-electron chi connectivity index (χ0n) is 17.4. The molecule has 1 aliphatic carbocycles. The molecule has 1 amide bonds. The van der Waals surface area contributed by atoms with Gasteiger partial charge in [0.05, 0.1) is 0 Å². The van der Waals surface area contributed by atoms with Crippen LogP contribution in [0.3, 0.4) is 0 Å². The van der Waals surface area contributed by atoms with Crippen molar-refractivity contribution in [1.82, 2.24) is 10.3 Å². The van der Waals surface area contributed by atoms with E-state index in [1.54, 1.807) is 12.3 Å². The molecule has 5 rings (SSSR count). The predicted molar refractivity (Wildman–Crippen MR) is 122 cm³/mol. The molecule has 0 saturated carbocycles. The van der Waals surface area contributed by atoms with Crippen LogP contribution in [0.5, 0.6) is 0 Å². The maximum atomic E-state index is 12.3. The molecule has 0 saturated heterocycles. The Labute approximate surface area is 185 Å². The monoisotopic (exact) mass is 428 g/mol. The molecular weight excluding hydrogens is 404 g/mol. The first-order chi connectivity index (χ1) is 15.6. The lowest BCUT2D eigenvalue weighted by Crippen LogP contribution is -2.36. The molecule has 1 heterocycles. The van der Waals surface area contributed by atoms with Crippen LogP contribution in [-0.4, -0.2) is 40.5 Å². The molecular formula is C26H24N2O4. The topological polar surface area (TPSA) is 94.6 Å². The number of H-pyrrole nitrogens is 1. The SMILES string of the molecule is O=C(NCC(O)C(O)c1cccc2[nH]ccc12)OCC1c2ccccc2-c2ccccc21. The number of benzene rings is 3. The van der Waals surface area contributed by atoms with E-state index >= 15 is 0 Å². The highest BCUT2D eigenvalue weighted by Gasteiger charge is 2.29. The van der Waals surface area contributed by atoms with Gasteiger partial charge in [-0.3, -0.25) is 0 Å². The minimum Gasteiger partial charge on any atom is -0.449 e. The number of amides is 1. The van der Waals surface area contributed by atoms with E-state index in [0.717, 1.165) is 33.2 Å². The Bertz CT molecular complexity index is 1220. The van der Waals surface area contributed by atoms with Crippen LogP contribution in [0.15, 0.2) is 79.0 Å². The second-order valence-corrected chi connectivity index (χ2v) is 8.00. The normalized spacial score (nSPS) is 14.6. The number of ether oxygens (including phenoxy) is 1. The number of fused-ring (bicyclic) bond motifs is 4. The van der Waals surface area contributed by atoms with E-state index in [0.29, 0.717) is 5.56 Å². The van der Waals surface area contributed by atoms with E-state index in [1.807, 2.05) is 42.5 Å². The quantitative estimate of drug-likeness (QED) is 0.372. The van der Waals surface area contributed by atoms with Gasteiger partial charge in [-0.1, -0.05) is 60.7 Å². The molecule has 32 heavy (non-hydrogen) atoms. The van der Waals surface area contributed by atoms with E-state index in [9.17, 15) is 15.0 Å². The van der Waals surface area contributed by atoms with Gasteiger partial charge in [0.1, 0.15) is 18.8 Å². The molecule has 0 bridgehead atoms. The maximum absolute atomic E-state index is 12.3. The molecule has 4 N–H and O–H groups in total. The second kappa shape index (κ2) is 8.49. The zero-order valence-corrected chi connectivity index (χ0v) is 17.4. The third kappa shape index (κ3) is 3.64. The standard InChI is InChI=1S/C26H24N2O4/c29-24(25(30)21-10-5-11-23-20(21)12-13-27-23)14-28-26(31)32-15-22-18-8-3-1-6-16(18)17-7-2-4-9-19(17)22/h1-13,22,24-25,27,29-30H,14-15H2,(H,28,31). The fourth-order valence-electron chi connectivity index (χ4n) is 4.52. The number of carbonyl (C=O) groups is 1. The Morgan fingerprint density at radius 1 is 0.938 bits per heavy atom. The molecule has 0 aliphatic heterocycles. The summed E-state index contributed by atoms with van der Waals surface area (Å²) in [5.74, 6) is -0.0325. The summed E-state index contributed by atoms with van der Waals surface area (Å²) < 4.78 is 5.49. The zero-order chi connectivity index (χ0) is 22.1. The van der Waals surface area contributed by atoms with Crippen LogP contribution in [0.4, 0.5) is 4.79 Å². The summed E-state index contributed by atoms with van der Waals surface area (Å²) in [5.41, 5.74) is 6.07. The molecule has 162 valence electrons. The molecule has 2 atom stereocenters. The molecule has 6 heteroatoms. The van der Waals surface area contributed by atoms with E-state index < -0.39 is 18.3 Å². The molecule has 0 radical (unpaired) electrons. The highest BCUT2D eigenvalue weighted by atomic mass is 16.5. The summed E-state index contributed by atoms with van der Waals surface area (Å²) in [6.45, 7) is 0.0693.